The van der Waals surface area contributed by atoms with E-state index in [1.54, 1.807) is 11.6 Å². The standard InChI is InChI=1S/C24H32N4O2/c1-27(2)16-6-7-17-28-22-13-10-20(12-15-24(29)26-30)18-21(22)25-23(28)14-11-19-8-4-3-5-9-19/h3-5,8-10,12-13,15,18,23,25,30H,6-7,11,14,16-17H2,1-2H3,(H,26,29)/b15-12+. The highest BCUT2D eigenvalue weighted by Crippen LogP contribution is 2.37. The maximum absolute atomic E-state index is 11.3. The summed E-state index contributed by atoms with van der Waals surface area (Å²) in [5.74, 6) is -0.535. The molecule has 1 amide bonds. The number of anilines is 2. The van der Waals surface area contributed by atoms with Gasteiger partial charge >= 0.3 is 0 Å². The molecular weight excluding hydrogens is 376 g/mol. The van der Waals surface area contributed by atoms with E-state index in [0.29, 0.717) is 0 Å². The quantitative estimate of drug-likeness (QED) is 0.242. The van der Waals surface area contributed by atoms with Crippen molar-refractivity contribution in [3.05, 3.63) is 65.7 Å². The van der Waals surface area contributed by atoms with Crippen LogP contribution >= 0.6 is 0 Å². The molecule has 3 N–H and O–H groups in total. The van der Waals surface area contributed by atoms with Gasteiger partial charge in [0.1, 0.15) is 0 Å². The van der Waals surface area contributed by atoms with Crippen LogP contribution in [0, 0.1) is 0 Å². The third kappa shape index (κ3) is 6.08. The monoisotopic (exact) mass is 408 g/mol. The number of nitrogens with zero attached hydrogens (tertiary/aromatic N) is 2. The molecule has 1 aliphatic heterocycles. The second kappa shape index (κ2) is 10.8. The second-order valence-electron chi connectivity index (χ2n) is 7.97. The number of carbonyl (C=O) groups is 1. The van der Waals surface area contributed by atoms with Crippen molar-refractivity contribution < 1.29 is 10.0 Å². The molecule has 0 bridgehead atoms. The Morgan fingerprint density at radius 1 is 1.20 bits per heavy atom. The number of amides is 1. The van der Waals surface area contributed by atoms with Crippen LogP contribution in [0.15, 0.2) is 54.6 Å². The summed E-state index contributed by atoms with van der Waals surface area (Å²) in [5.41, 5.74) is 6.18. The number of hydrogen-bond acceptors (Lipinski definition) is 5. The average molecular weight is 409 g/mol. The molecule has 1 atom stereocenters. The minimum atomic E-state index is -0.535. The van der Waals surface area contributed by atoms with Crippen molar-refractivity contribution in [3.63, 3.8) is 0 Å². The molecule has 0 aromatic heterocycles. The Morgan fingerprint density at radius 2 is 2.00 bits per heavy atom. The lowest BCUT2D eigenvalue weighted by atomic mass is 10.1. The van der Waals surface area contributed by atoms with Crippen molar-refractivity contribution >= 4 is 23.4 Å². The van der Waals surface area contributed by atoms with Crippen molar-refractivity contribution in [2.75, 3.05) is 37.4 Å². The summed E-state index contributed by atoms with van der Waals surface area (Å²) in [7, 11) is 4.23. The third-order valence-electron chi connectivity index (χ3n) is 5.37. The van der Waals surface area contributed by atoms with E-state index in [-0.39, 0.29) is 6.17 Å². The highest BCUT2D eigenvalue weighted by atomic mass is 16.5. The molecule has 0 fully saturated rings. The minimum Gasteiger partial charge on any atom is -0.363 e. The lowest BCUT2D eigenvalue weighted by Gasteiger charge is -2.27. The van der Waals surface area contributed by atoms with Gasteiger partial charge in [-0.05, 0) is 75.7 Å². The summed E-state index contributed by atoms with van der Waals surface area (Å²) in [6, 6.07) is 16.8. The van der Waals surface area contributed by atoms with Crippen LogP contribution in [0.2, 0.25) is 0 Å². The zero-order chi connectivity index (χ0) is 21.3. The number of hydrogen-bond donors (Lipinski definition) is 3. The van der Waals surface area contributed by atoms with Gasteiger partial charge in [-0.3, -0.25) is 10.0 Å². The largest absolute Gasteiger partial charge is 0.363 e. The van der Waals surface area contributed by atoms with Gasteiger partial charge in [0.2, 0.25) is 0 Å². The fourth-order valence-electron chi connectivity index (χ4n) is 3.82. The first kappa shape index (κ1) is 21.9. The normalized spacial score (nSPS) is 15.5. The molecule has 1 unspecified atom stereocenters. The van der Waals surface area contributed by atoms with Crippen LogP contribution in [0.5, 0.6) is 0 Å². The summed E-state index contributed by atoms with van der Waals surface area (Å²) in [6.45, 7) is 2.11. The summed E-state index contributed by atoms with van der Waals surface area (Å²) in [6.07, 6.45) is 7.61. The highest BCUT2D eigenvalue weighted by Gasteiger charge is 2.28. The van der Waals surface area contributed by atoms with Gasteiger partial charge in [-0.1, -0.05) is 36.4 Å². The average Bonchev–Trinajstić information content (AvgIpc) is 3.10. The molecule has 3 rings (SSSR count). The molecular formula is C24H32N4O2. The van der Waals surface area contributed by atoms with E-state index in [0.717, 1.165) is 43.6 Å². The molecule has 0 saturated carbocycles. The number of fused-ring (bicyclic) bond motifs is 1. The smallest absolute Gasteiger partial charge is 0.267 e. The Balaban J connectivity index is 1.71. The summed E-state index contributed by atoms with van der Waals surface area (Å²) in [4.78, 5) is 16.0. The molecule has 0 saturated heterocycles. The Bertz CT molecular complexity index is 852. The molecule has 0 spiro atoms. The Morgan fingerprint density at radius 3 is 2.73 bits per heavy atom. The highest BCUT2D eigenvalue weighted by molar-refractivity contribution is 5.91. The maximum Gasteiger partial charge on any atom is 0.267 e. The molecule has 2 aromatic rings. The fourth-order valence-corrected chi connectivity index (χ4v) is 3.82. The molecule has 6 heteroatoms. The summed E-state index contributed by atoms with van der Waals surface area (Å²) < 4.78 is 0. The number of carbonyl (C=O) groups excluding carboxylic acids is 1. The number of hydroxylamine groups is 1. The SMILES string of the molecule is CN(C)CCCCN1c2ccc(/C=C/C(=O)NO)cc2NC1CCc1ccccc1. The van der Waals surface area contributed by atoms with Crippen LogP contribution in [-0.4, -0.2) is 49.4 Å². The minimum absolute atomic E-state index is 0.250. The summed E-state index contributed by atoms with van der Waals surface area (Å²) in [5, 5.41) is 12.3. The predicted octanol–water partition coefficient (Wildman–Crippen LogP) is 3.74. The molecule has 0 aliphatic carbocycles. The Hall–Kier alpha value is -2.83. The molecule has 160 valence electrons. The number of unbranched alkanes of at least 4 members (excludes halogenated alkanes) is 1. The van der Waals surface area contributed by atoms with Crippen molar-refractivity contribution in [1.82, 2.24) is 10.4 Å². The van der Waals surface area contributed by atoms with E-state index in [9.17, 15) is 4.79 Å². The Labute approximate surface area is 179 Å². The lowest BCUT2D eigenvalue weighted by molar-refractivity contribution is -0.124. The van der Waals surface area contributed by atoms with Crippen LogP contribution < -0.4 is 15.7 Å². The van der Waals surface area contributed by atoms with Crippen LogP contribution in [0.4, 0.5) is 11.4 Å². The number of aryl methyl sites for hydroxylation is 1. The number of rotatable bonds is 10. The van der Waals surface area contributed by atoms with Gasteiger partial charge < -0.3 is 15.1 Å². The van der Waals surface area contributed by atoms with E-state index in [4.69, 9.17) is 5.21 Å². The zero-order valence-electron chi connectivity index (χ0n) is 17.8. The second-order valence-corrected chi connectivity index (χ2v) is 7.97. The molecule has 1 aliphatic rings. The predicted molar refractivity (Wildman–Crippen MR) is 123 cm³/mol. The van der Waals surface area contributed by atoms with Gasteiger partial charge in [0.05, 0.1) is 17.5 Å². The fraction of sp³-hybridized carbons (Fsp3) is 0.375. The van der Waals surface area contributed by atoms with E-state index in [1.807, 2.05) is 6.07 Å². The van der Waals surface area contributed by atoms with Gasteiger partial charge in [-0.25, -0.2) is 5.48 Å². The van der Waals surface area contributed by atoms with Crippen molar-refractivity contribution in [2.24, 2.45) is 0 Å². The first-order valence-corrected chi connectivity index (χ1v) is 10.5. The van der Waals surface area contributed by atoms with Crippen molar-refractivity contribution in [3.8, 4) is 0 Å². The third-order valence-corrected chi connectivity index (χ3v) is 5.37. The molecule has 1 heterocycles. The van der Waals surface area contributed by atoms with Crippen LogP contribution in [0.1, 0.15) is 30.4 Å². The number of benzene rings is 2. The van der Waals surface area contributed by atoms with Gasteiger partial charge in [0, 0.05) is 12.6 Å². The van der Waals surface area contributed by atoms with Gasteiger partial charge in [-0.15, -0.1) is 0 Å². The topological polar surface area (TPSA) is 67.8 Å². The van der Waals surface area contributed by atoms with Crippen molar-refractivity contribution in [2.45, 2.75) is 31.8 Å². The Kier molecular flexibility index (Phi) is 7.88. The van der Waals surface area contributed by atoms with E-state index in [1.165, 1.54) is 23.7 Å². The molecule has 6 nitrogen and oxygen atoms in total. The maximum atomic E-state index is 11.3. The molecule has 30 heavy (non-hydrogen) atoms. The first-order valence-electron chi connectivity index (χ1n) is 10.5. The lowest BCUT2D eigenvalue weighted by Crippen LogP contribution is -2.37. The molecule has 0 radical (unpaired) electrons. The first-order chi connectivity index (χ1) is 14.6. The van der Waals surface area contributed by atoms with E-state index < -0.39 is 5.91 Å². The molecule has 2 aromatic carbocycles. The van der Waals surface area contributed by atoms with Crippen LogP contribution in [0.3, 0.4) is 0 Å². The van der Waals surface area contributed by atoms with Gasteiger partial charge in [0.25, 0.3) is 5.91 Å². The van der Waals surface area contributed by atoms with Crippen LogP contribution in [0.25, 0.3) is 6.08 Å². The van der Waals surface area contributed by atoms with Gasteiger partial charge in [-0.2, -0.15) is 0 Å². The van der Waals surface area contributed by atoms with Crippen molar-refractivity contribution in [1.29, 1.82) is 0 Å². The van der Waals surface area contributed by atoms with E-state index in [2.05, 4.69) is 71.7 Å². The summed E-state index contributed by atoms with van der Waals surface area (Å²) >= 11 is 0. The van der Waals surface area contributed by atoms with E-state index >= 15 is 0 Å². The van der Waals surface area contributed by atoms with Crippen LogP contribution in [-0.2, 0) is 11.2 Å². The number of nitrogens with one attached hydrogen (secondary N) is 2. The van der Waals surface area contributed by atoms with Gasteiger partial charge in [0.15, 0.2) is 0 Å². The zero-order valence-corrected chi connectivity index (χ0v) is 17.8.